The van der Waals surface area contributed by atoms with Gasteiger partial charge in [-0.15, -0.1) is 11.3 Å². The van der Waals surface area contributed by atoms with E-state index in [4.69, 9.17) is 4.42 Å². The number of rotatable bonds is 3. The molecular weight excluding hydrogens is 244 g/mol. The highest BCUT2D eigenvalue weighted by atomic mass is 32.1. The normalized spacial score (nSPS) is 17.8. The Morgan fingerprint density at radius 1 is 1.22 bits per heavy atom. The van der Waals surface area contributed by atoms with E-state index < -0.39 is 0 Å². The first kappa shape index (κ1) is 11.9. The minimum absolute atomic E-state index is 0.759. The summed E-state index contributed by atoms with van der Waals surface area (Å²) in [6, 6.07) is 4.07. The smallest absolute Gasteiger partial charge is 0.236 e. The van der Waals surface area contributed by atoms with E-state index in [1.807, 2.05) is 17.5 Å². The van der Waals surface area contributed by atoms with Gasteiger partial charge in [-0.1, -0.05) is 18.9 Å². The lowest BCUT2D eigenvalue weighted by Gasteiger charge is -2.17. The quantitative estimate of drug-likeness (QED) is 0.843. The Balaban J connectivity index is 1.66. The molecule has 1 aliphatic rings. The van der Waals surface area contributed by atoms with Gasteiger partial charge in [0, 0.05) is 6.54 Å². The molecule has 1 fully saturated rings. The van der Waals surface area contributed by atoms with Crippen molar-refractivity contribution in [3.63, 3.8) is 0 Å². The number of thiophene rings is 1. The van der Waals surface area contributed by atoms with Crippen LogP contribution in [-0.2, 0) is 6.54 Å². The lowest BCUT2D eigenvalue weighted by atomic mass is 10.2. The van der Waals surface area contributed by atoms with E-state index in [0.717, 1.165) is 23.0 Å². The fourth-order valence-electron chi connectivity index (χ4n) is 2.42. The Morgan fingerprint density at radius 3 is 2.78 bits per heavy atom. The Morgan fingerprint density at radius 2 is 2.06 bits per heavy atom. The second-order valence-corrected chi connectivity index (χ2v) is 5.76. The van der Waals surface area contributed by atoms with Crippen LogP contribution in [0, 0.1) is 0 Å². The molecule has 0 unspecified atom stereocenters. The predicted octanol–water partition coefficient (Wildman–Crippen LogP) is 3.78. The fourth-order valence-corrected chi connectivity index (χ4v) is 3.07. The highest BCUT2D eigenvalue weighted by Gasteiger charge is 2.13. The standard InChI is InChI=1S/C14H18N2OS/c1-2-4-8-16(7-3-1)10-12-11-17-14(15-12)13-6-5-9-18-13/h5-6,9,11H,1-4,7-8,10H2. The second-order valence-electron chi connectivity index (χ2n) is 4.81. The second kappa shape index (κ2) is 5.67. The van der Waals surface area contributed by atoms with Gasteiger partial charge in [0.05, 0.1) is 10.6 Å². The van der Waals surface area contributed by atoms with Crippen LogP contribution in [0.4, 0.5) is 0 Å². The van der Waals surface area contributed by atoms with Gasteiger partial charge in [0.15, 0.2) is 0 Å². The number of aromatic nitrogens is 1. The van der Waals surface area contributed by atoms with Gasteiger partial charge in [-0.2, -0.15) is 0 Å². The van der Waals surface area contributed by atoms with Crippen molar-refractivity contribution in [2.75, 3.05) is 13.1 Å². The van der Waals surface area contributed by atoms with Crippen LogP contribution >= 0.6 is 11.3 Å². The molecule has 0 aliphatic carbocycles. The molecule has 96 valence electrons. The fraction of sp³-hybridized carbons (Fsp3) is 0.500. The first-order valence-electron chi connectivity index (χ1n) is 6.62. The monoisotopic (exact) mass is 262 g/mol. The van der Waals surface area contributed by atoms with E-state index in [9.17, 15) is 0 Å². The van der Waals surface area contributed by atoms with Gasteiger partial charge in [-0.05, 0) is 37.4 Å². The Bertz CT molecular complexity index is 470. The molecule has 0 spiro atoms. The lowest BCUT2D eigenvalue weighted by molar-refractivity contribution is 0.273. The molecule has 18 heavy (non-hydrogen) atoms. The molecule has 0 aromatic carbocycles. The molecule has 3 heterocycles. The topological polar surface area (TPSA) is 29.3 Å². The van der Waals surface area contributed by atoms with Crippen LogP contribution in [0.3, 0.4) is 0 Å². The number of oxazole rings is 1. The maximum atomic E-state index is 5.55. The van der Waals surface area contributed by atoms with Crippen molar-refractivity contribution in [2.24, 2.45) is 0 Å². The van der Waals surface area contributed by atoms with Crippen molar-refractivity contribution in [1.29, 1.82) is 0 Å². The number of hydrogen-bond acceptors (Lipinski definition) is 4. The van der Waals surface area contributed by atoms with Crippen LogP contribution in [0.25, 0.3) is 10.8 Å². The SMILES string of the molecule is c1csc(-c2nc(CN3CCCCCC3)co2)c1. The summed E-state index contributed by atoms with van der Waals surface area (Å²) in [6.07, 6.45) is 7.18. The van der Waals surface area contributed by atoms with Gasteiger partial charge in [-0.3, -0.25) is 4.90 Å². The highest BCUT2D eigenvalue weighted by molar-refractivity contribution is 7.13. The summed E-state index contributed by atoms with van der Waals surface area (Å²) in [5, 5.41) is 2.05. The molecule has 1 aliphatic heterocycles. The number of nitrogens with zero attached hydrogens (tertiary/aromatic N) is 2. The summed E-state index contributed by atoms with van der Waals surface area (Å²) < 4.78 is 5.55. The summed E-state index contributed by atoms with van der Waals surface area (Å²) in [6.45, 7) is 3.32. The Kier molecular flexibility index (Phi) is 3.76. The molecule has 0 amide bonds. The minimum atomic E-state index is 0.759. The van der Waals surface area contributed by atoms with Crippen molar-refractivity contribution in [3.8, 4) is 10.8 Å². The van der Waals surface area contributed by atoms with Gasteiger partial charge >= 0.3 is 0 Å². The van der Waals surface area contributed by atoms with Gasteiger partial charge < -0.3 is 4.42 Å². The molecule has 1 saturated heterocycles. The molecule has 0 radical (unpaired) electrons. The van der Waals surface area contributed by atoms with E-state index in [-0.39, 0.29) is 0 Å². The van der Waals surface area contributed by atoms with Crippen molar-refractivity contribution < 1.29 is 4.42 Å². The van der Waals surface area contributed by atoms with E-state index in [2.05, 4.69) is 9.88 Å². The number of hydrogen-bond donors (Lipinski definition) is 0. The van der Waals surface area contributed by atoms with Crippen LogP contribution in [-0.4, -0.2) is 23.0 Å². The van der Waals surface area contributed by atoms with Gasteiger partial charge in [0.25, 0.3) is 0 Å². The van der Waals surface area contributed by atoms with Gasteiger partial charge in [0.2, 0.25) is 5.89 Å². The first-order valence-corrected chi connectivity index (χ1v) is 7.50. The molecule has 0 saturated carbocycles. The van der Waals surface area contributed by atoms with E-state index in [1.165, 1.54) is 38.8 Å². The molecular formula is C14H18N2OS. The zero-order valence-corrected chi connectivity index (χ0v) is 11.3. The van der Waals surface area contributed by atoms with Crippen molar-refractivity contribution >= 4 is 11.3 Å². The maximum absolute atomic E-state index is 5.55. The Hall–Kier alpha value is -1.13. The molecule has 0 atom stereocenters. The molecule has 2 aromatic rings. The average molecular weight is 262 g/mol. The molecule has 4 heteroatoms. The highest BCUT2D eigenvalue weighted by Crippen LogP contribution is 2.24. The Labute approximate surface area is 111 Å². The molecule has 3 nitrogen and oxygen atoms in total. The largest absolute Gasteiger partial charge is 0.444 e. The molecule has 0 bridgehead atoms. The van der Waals surface area contributed by atoms with Crippen LogP contribution in [0.15, 0.2) is 28.2 Å². The molecule has 3 rings (SSSR count). The third kappa shape index (κ3) is 2.82. The predicted molar refractivity (Wildman–Crippen MR) is 73.6 cm³/mol. The molecule has 2 aromatic heterocycles. The first-order chi connectivity index (χ1) is 8.92. The molecule has 0 N–H and O–H groups in total. The minimum Gasteiger partial charge on any atom is -0.444 e. The number of likely N-dealkylation sites (tertiary alicyclic amines) is 1. The summed E-state index contributed by atoms with van der Waals surface area (Å²) in [4.78, 5) is 8.18. The zero-order chi connectivity index (χ0) is 12.2. The third-order valence-corrected chi connectivity index (χ3v) is 4.23. The summed E-state index contributed by atoms with van der Waals surface area (Å²) in [5.41, 5.74) is 1.06. The summed E-state index contributed by atoms with van der Waals surface area (Å²) in [5.74, 6) is 0.759. The van der Waals surface area contributed by atoms with E-state index in [0.29, 0.717) is 0 Å². The lowest BCUT2D eigenvalue weighted by Crippen LogP contribution is -2.24. The van der Waals surface area contributed by atoms with Gasteiger partial charge in [0.1, 0.15) is 6.26 Å². The maximum Gasteiger partial charge on any atom is 0.236 e. The van der Waals surface area contributed by atoms with Crippen LogP contribution in [0.1, 0.15) is 31.4 Å². The van der Waals surface area contributed by atoms with E-state index in [1.54, 1.807) is 17.6 Å². The summed E-state index contributed by atoms with van der Waals surface area (Å²) >= 11 is 1.67. The van der Waals surface area contributed by atoms with Crippen LogP contribution < -0.4 is 0 Å². The zero-order valence-electron chi connectivity index (χ0n) is 10.5. The van der Waals surface area contributed by atoms with Crippen LogP contribution in [0.5, 0.6) is 0 Å². The van der Waals surface area contributed by atoms with Crippen molar-refractivity contribution in [1.82, 2.24) is 9.88 Å². The summed E-state index contributed by atoms with van der Waals surface area (Å²) in [7, 11) is 0. The van der Waals surface area contributed by atoms with Crippen molar-refractivity contribution in [2.45, 2.75) is 32.2 Å². The third-order valence-electron chi connectivity index (χ3n) is 3.37. The van der Waals surface area contributed by atoms with Crippen LogP contribution in [0.2, 0.25) is 0 Å². The van der Waals surface area contributed by atoms with Crippen molar-refractivity contribution in [3.05, 3.63) is 29.5 Å². The average Bonchev–Trinajstić information content (AvgIpc) is 2.98. The van der Waals surface area contributed by atoms with E-state index >= 15 is 0 Å². The van der Waals surface area contributed by atoms with Gasteiger partial charge in [-0.25, -0.2) is 4.98 Å².